The van der Waals surface area contributed by atoms with Gasteiger partial charge in [0.05, 0.1) is 18.1 Å². The summed E-state index contributed by atoms with van der Waals surface area (Å²) in [6, 6.07) is -0.0248. The van der Waals surface area contributed by atoms with Crippen molar-refractivity contribution in [1.82, 2.24) is 10.2 Å². The molecule has 0 aromatic carbocycles. The topological polar surface area (TPSA) is 84.7 Å². The van der Waals surface area contributed by atoms with E-state index in [0.29, 0.717) is 13.2 Å². The maximum Gasteiger partial charge on any atom is 0.312 e. The first-order chi connectivity index (χ1) is 8.43. The molecule has 0 bridgehead atoms. The maximum absolute atomic E-state index is 11.9. The SMILES string of the molecule is CCC(C)N(CCOC)C(=O)C(=O)NCC(N)=S. The fourth-order valence-electron chi connectivity index (χ4n) is 1.31. The summed E-state index contributed by atoms with van der Waals surface area (Å²) < 4.78 is 4.93. The molecule has 0 saturated heterocycles. The van der Waals surface area contributed by atoms with E-state index in [4.69, 9.17) is 10.5 Å². The number of thiocarbonyl (C=S) groups is 1. The van der Waals surface area contributed by atoms with Crippen molar-refractivity contribution in [3.05, 3.63) is 0 Å². The molecule has 0 aromatic rings. The van der Waals surface area contributed by atoms with Crippen LogP contribution in [0.25, 0.3) is 0 Å². The third-order valence-corrected chi connectivity index (χ3v) is 2.68. The second kappa shape index (κ2) is 8.82. The lowest BCUT2D eigenvalue weighted by Gasteiger charge is -2.27. The van der Waals surface area contributed by atoms with E-state index in [0.717, 1.165) is 6.42 Å². The number of ether oxygens (including phenoxy) is 1. The minimum Gasteiger partial charge on any atom is -0.392 e. The van der Waals surface area contributed by atoms with Crippen LogP contribution in [-0.2, 0) is 14.3 Å². The summed E-state index contributed by atoms with van der Waals surface area (Å²) in [6.45, 7) is 4.63. The third-order valence-electron chi connectivity index (χ3n) is 2.54. The molecule has 6 nitrogen and oxygen atoms in total. The summed E-state index contributed by atoms with van der Waals surface area (Å²) in [4.78, 5) is 25.2. The van der Waals surface area contributed by atoms with E-state index in [-0.39, 0.29) is 17.6 Å². The number of carbonyl (C=O) groups is 2. The molecule has 1 atom stereocenters. The Kier molecular flexibility index (Phi) is 8.23. The monoisotopic (exact) mass is 275 g/mol. The highest BCUT2D eigenvalue weighted by Crippen LogP contribution is 2.04. The molecule has 0 spiro atoms. The molecule has 0 aliphatic rings. The molecule has 0 aliphatic heterocycles. The van der Waals surface area contributed by atoms with Gasteiger partial charge >= 0.3 is 11.8 Å². The van der Waals surface area contributed by atoms with Crippen LogP contribution in [0.4, 0.5) is 0 Å². The Bertz CT molecular complexity index is 310. The van der Waals surface area contributed by atoms with Crippen LogP contribution < -0.4 is 11.1 Å². The minimum absolute atomic E-state index is 0.0248. The molecule has 0 saturated carbocycles. The molecule has 0 fully saturated rings. The second-order valence-electron chi connectivity index (χ2n) is 3.90. The van der Waals surface area contributed by atoms with Gasteiger partial charge in [-0.1, -0.05) is 19.1 Å². The molecular formula is C11H21N3O3S. The zero-order chi connectivity index (χ0) is 14.1. The Labute approximate surface area is 113 Å². The lowest BCUT2D eigenvalue weighted by molar-refractivity contribution is -0.147. The molecule has 104 valence electrons. The van der Waals surface area contributed by atoms with Crippen LogP contribution in [0.15, 0.2) is 0 Å². The third kappa shape index (κ3) is 5.92. The zero-order valence-electron chi connectivity index (χ0n) is 11.1. The minimum atomic E-state index is -0.695. The van der Waals surface area contributed by atoms with E-state index in [1.807, 2.05) is 13.8 Å². The highest BCUT2D eigenvalue weighted by Gasteiger charge is 2.24. The van der Waals surface area contributed by atoms with Crippen LogP contribution in [0.5, 0.6) is 0 Å². The fourth-order valence-corrected chi connectivity index (χ4v) is 1.38. The average molecular weight is 275 g/mol. The van der Waals surface area contributed by atoms with Crippen molar-refractivity contribution in [3.63, 3.8) is 0 Å². The van der Waals surface area contributed by atoms with Gasteiger partial charge in [-0.05, 0) is 13.3 Å². The first-order valence-corrected chi connectivity index (χ1v) is 6.20. The second-order valence-corrected chi connectivity index (χ2v) is 4.42. The first kappa shape index (κ1) is 16.8. The van der Waals surface area contributed by atoms with Crippen molar-refractivity contribution in [3.8, 4) is 0 Å². The molecule has 1 unspecified atom stereocenters. The van der Waals surface area contributed by atoms with Crippen molar-refractivity contribution < 1.29 is 14.3 Å². The van der Waals surface area contributed by atoms with Crippen LogP contribution in [0.2, 0.25) is 0 Å². The number of nitrogens with two attached hydrogens (primary N) is 1. The standard InChI is InChI=1S/C11H21N3O3S/c1-4-8(2)14(5-6-17-3)11(16)10(15)13-7-9(12)18/h8H,4-7H2,1-3H3,(H2,12,18)(H,13,15). The van der Waals surface area contributed by atoms with Crippen LogP contribution >= 0.6 is 12.2 Å². The molecule has 0 rings (SSSR count). The lowest BCUT2D eigenvalue weighted by Crippen LogP contribution is -2.49. The molecule has 0 heterocycles. The van der Waals surface area contributed by atoms with Gasteiger partial charge in [-0.25, -0.2) is 0 Å². The molecular weight excluding hydrogens is 254 g/mol. The van der Waals surface area contributed by atoms with E-state index in [1.165, 1.54) is 4.90 Å². The normalized spacial score (nSPS) is 11.7. The number of rotatable bonds is 7. The van der Waals surface area contributed by atoms with Gasteiger partial charge in [0.15, 0.2) is 0 Å². The zero-order valence-corrected chi connectivity index (χ0v) is 11.9. The molecule has 0 aromatic heterocycles. The number of amides is 2. The number of methoxy groups -OCH3 is 1. The quantitative estimate of drug-likeness (QED) is 0.490. The number of nitrogens with zero attached hydrogens (tertiary/aromatic N) is 1. The van der Waals surface area contributed by atoms with Gasteiger partial charge < -0.3 is 20.7 Å². The number of hydrogen-bond donors (Lipinski definition) is 2. The molecule has 18 heavy (non-hydrogen) atoms. The summed E-state index contributed by atoms with van der Waals surface area (Å²) in [7, 11) is 1.55. The molecule has 3 N–H and O–H groups in total. The number of carbonyl (C=O) groups excluding carboxylic acids is 2. The van der Waals surface area contributed by atoms with Crippen molar-refractivity contribution in [2.45, 2.75) is 26.3 Å². The van der Waals surface area contributed by atoms with Gasteiger partial charge in [0.2, 0.25) is 0 Å². The Morgan fingerprint density at radius 3 is 2.56 bits per heavy atom. The molecule has 2 amide bonds. The summed E-state index contributed by atoms with van der Waals surface area (Å²) in [5, 5.41) is 2.38. The van der Waals surface area contributed by atoms with E-state index in [9.17, 15) is 9.59 Å². The summed E-state index contributed by atoms with van der Waals surface area (Å²) >= 11 is 4.63. The van der Waals surface area contributed by atoms with Gasteiger partial charge in [-0.2, -0.15) is 0 Å². The Hall–Kier alpha value is -1.21. The van der Waals surface area contributed by atoms with Crippen LogP contribution in [0.1, 0.15) is 20.3 Å². The van der Waals surface area contributed by atoms with Gasteiger partial charge in [0.1, 0.15) is 0 Å². The van der Waals surface area contributed by atoms with Gasteiger partial charge in [0.25, 0.3) is 0 Å². The molecule has 7 heteroatoms. The Morgan fingerprint density at radius 2 is 2.11 bits per heavy atom. The van der Waals surface area contributed by atoms with E-state index < -0.39 is 11.8 Å². The van der Waals surface area contributed by atoms with Crippen LogP contribution in [0, 0.1) is 0 Å². The Balaban J connectivity index is 4.52. The summed E-state index contributed by atoms with van der Waals surface area (Å²) in [6.07, 6.45) is 0.762. The predicted octanol–water partition coefficient (Wildman–Crippen LogP) is -0.338. The highest BCUT2D eigenvalue weighted by molar-refractivity contribution is 7.80. The number of nitrogens with one attached hydrogen (secondary N) is 1. The van der Waals surface area contributed by atoms with E-state index >= 15 is 0 Å². The molecule has 0 radical (unpaired) electrons. The summed E-state index contributed by atoms with van der Waals surface area (Å²) in [5.41, 5.74) is 5.25. The maximum atomic E-state index is 11.9. The largest absolute Gasteiger partial charge is 0.392 e. The smallest absolute Gasteiger partial charge is 0.312 e. The van der Waals surface area contributed by atoms with E-state index in [1.54, 1.807) is 7.11 Å². The predicted molar refractivity (Wildman–Crippen MR) is 73.1 cm³/mol. The number of hydrogen-bond acceptors (Lipinski definition) is 4. The van der Waals surface area contributed by atoms with Crippen LogP contribution in [-0.4, -0.2) is 54.6 Å². The van der Waals surface area contributed by atoms with Gasteiger partial charge in [-0.15, -0.1) is 0 Å². The first-order valence-electron chi connectivity index (χ1n) is 5.80. The Morgan fingerprint density at radius 1 is 1.50 bits per heavy atom. The van der Waals surface area contributed by atoms with Crippen LogP contribution in [0.3, 0.4) is 0 Å². The van der Waals surface area contributed by atoms with E-state index in [2.05, 4.69) is 17.5 Å². The summed E-state index contributed by atoms with van der Waals surface area (Å²) in [5.74, 6) is -1.28. The van der Waals surface area contributed by atoms with Crippen molar-refractivity contribution in [2.75, 3.05) is 26.8 Å². The van der Waals surface area contributed by atoms with Crippen molar-refractivity contribution >= 4 is 29.0 Å². The van der Waals surface area contributed by atoms with Gasteiger partial charge in [-0.3, -0.25) is 9.59 Å². The highest BCUT2D eigenvalue weighted by atomic mass is 32.1. The molecule has 0 aliphatic carbocycles. The lowest BCUT2D eigenvalue weighted by atomic mass is 10.2. The van der Waals surface area contributed by atoms with Crippen molar-refractivity contribution in [2.24, 2.45) is 5.73 Å². The van der Waals surface area contributed by atoms with Crippen molar-refractivity contribution in [1.29, 1.82) is 0 Å². The fraction of sp³-hybridized carbons (Fsp3) is 0.727. The average Bonchev–Trinajstić information content (AvgIpc) is 2.35. The van der Waals surface area contributed by atoms with Gasteiger partial charge in [0, 0.05) is 19.7 Å².